The normalized spacial score (nSPS) is 11.5. The molecule has 0 atom stereocenters. The van der Waals surface area contributed by atoms with E-state index in [-0.39, 0.29) is 0 Å². The highest BCUT2D eigenvalue weighted by Gasteiger charge is 2.32. The first kappa shape index (κ1) is 16.3. The van der Waals surface area contributed by atoms with Gasteiger partial charge in [-0.05, 0) is 30.2 Å². The summed E-state index contributed by atoms with van der Waals surface area (Å²) in [6, 6.07) is 11.0. The Morgan fingerprint density at radius 2 is 1.75 bits per heavy atom. The summed E-state index contributed by atoms with van der Waals surface area (Å²) in [5, 5.41) is 19.1. The Bertz CT molecular complexity index is 878. The fourth-order valence-corrected chi connectivity index (χ4v) is 2.95. The maximum atomic E-state index is 12.5. The minimum atomic E-state index is -4.88. The highest BCUT2D eigenvalue weighted by Crippen LogP contribution is 2.39. The van der Waals surface area contributed by atoms with Crippen molar-refractivity contribution >= 4 is 11.3 Å². The van der Waals surface area contributed by atoms with Gasteiger partial charge in [-0.3, -0.25) is 0 Å². The molecule has 0 saturated carbocycles. The number of aryl methyl sites for hydroxylation is 1. The Morgan fingerprint density at radius 3 is 2.38 bits per heavy atom. The molecule has 0 spiro atoms. The average molecular weight is 352 g/mol. The Balaban J connectivity index is 2.09. The third-order valence-electron chi connectivity index (χ3n) is 3.18. The zero-order chi connectivity index (χ0) is 17.3. The number of phenols is 1. The van der Waals surface area contributed by atoms with Crippen molar-refractivity contribution in [2.75, 3.05) is 0 Å². The lowest BCUT2D eigenvalue weighted by Gasteiger charge is -2.13. The van der Waals surface area contributed by atoms with Gasteiger partial charge < -0.3 is 9.84 Å². The largest absolute Gasteiger partial charge is 0.573 e. The van der Waals surface area contributed by atoms with Crippen LogP contribution in [0.2, 0.25) is 0 Å². The smallest absolute Gasteiger partial charge is 0.504 e. The SMILES string of the molecule is Cc1nnc(-c2ccccc2-c2ccc(O)c(OC(F)(F)F)c2)s1. The van der Waals surface area contributed by atoms with Crippen molar-refractivity contribution in [3.8, 4) is 33.2 Å². The number of alkyl halides is 3. The molecule has 0 unspecified atom stereocenters. The van der Waals surface area contributed by atoms with E-state index in [2.05, 4.69) is 14.9 Å². The lowest BCUT2D eigenvalue weighted by molar-refractivity contribution is -0.275. The fraction of sp³-hybridized carbons (Fsp3) is 0.125. The molecule has 0 aliphatic carbocycles. The number of rotatable bonds is 3. The molecule has 1 heterocycles. The zero-order valence-corrected chi connectivity index (χ0v) is 13.1. The van der Waals surface area contributed by atoms with Gasteiger partial charge in [-0.25, -0.2) is 0 Å². The van der Waals surface area contributed by atoms with E-state index in [9.17, 15) is 18.3 Å². The number of nitrogens with zero attached hydrogens (tertiary/aromatic N) is 2. The van der Waals surface area contributed by atoms with Gasteiger partial charge >= 0.3 is 6.36 Å². The van der Waals surface area contributed by atoms with Crippen LogP contribution in [-0.2, 0) is 0 Å². The van der Waals surface area contributed by atoms with Gasteiger partial charge in [0.1, 0.15) is 10.0 Å². The van der Waals surface area contributed by atoms with E-state index in [1.165, 1.54) is 23.5 Å². The lowest BCUT2D eigenvalue weighted by Crippen LogP contribution is -2.17. The first-order chi connectivity index (χ1) is 11.3. The molecule has 124 valence electrons. The minimum absolute atomic E-state index is 0.468. The summed E-state index contributed by atoms with van der Waals surface area (Å²) in [5.41, 5.74) is 1.88. The van der Waals surface area contributed by atoms with Crippen LogP contribution in [0.1, 0.15) is 5.01 Å². The van der Waals surface area contributed by atoms with Crippen LogP contribution in [0.3, 0.4) is 0 Å². The summed E-state index contributed by atoms with van der Waals surface area (Å²) >= 11 is 1.38. The molecule has 24 heavy (non-hydrogen) atoms. The van der Waals surface area contributed by atoms with Crippen molar-refractivity contribution in [3.05, 3.63) is 47.5 Å². The van der Waals surface area contributed by atoms with Crippen molar-refractivity contribution < 1.29 is 23.0 Å². The summed E-state index contributed by atoms with van der Waals surface area (Å²) in [7, 11) is 0. The molecule has 2 aromatic carbocycles. The van der Waals surface area contributed by atoms with Crippen LogP contribution in [0.15, 0.2) is 42.5 Å². The number of ether oxygens (including phenoxy) is 1. The van der Waals surface area contributed by atoms with Crippen molar-refractivity contribution in [1.29, 1.82) is 0 Å². The van der Waals surface area contributed by atoms with Crippen LogP contribution in [0, 0.1) is 6.92 Å². The molecule has 3 rings (SSSR count). The summed E-state index contributed by atoms with van der Waals surface area (Å²) in [6.45, 7) is 1.82. The second kappa shape index (κ2) is 6.12. The van der Waals surface area contributed by atoms with E-state index in [1.54, 1.807) is 12.1 Å². The zero-order valence-electron chi connectivity index (χ0n) is 12.3. The quantitative estimate of drug-likeness (QED) is 0.737. The van der Waals surface area contributed by atoms with Gasteiger partial charge in [0.2, 0.25) is 0 Å². The van der Waals surface area contributed by atoms with Crippen LogP contribution in [0.5, 0.6) is 11.5 Å². The molecule has 0 amide bonds. The van der Waals surface area contributed by atoms with Crippen LogP contribution in [0.25, 0.3) is 21.7 Å². The maximum absolute atomic E-state index is 12.5. The van der Waals surface area contributed by atoms with Gasteiger partial charge in [0.25, 0.3) is 0 Å². The standard InChI is InChI=1S/C16H11F3N2O2S/c1-9-20-21-15(24-9)12-5-3-2-4-11(12)10-6-7-13(22)14(8-10)23-16(17,18)19/h2-8,22H,1H3. The molecule has 0 saturated heterocycles. The minimum Gasteiger partial charge on any atom is -0.504 e. The first-order valence-electron chi connectivity index (χ1n) is 6.82. The number of halogens is 3. The third-order valence-corrected chi connectivity index (χ3v) is 4.05. The molecule has 0 aliphatic rings. The van der Waals surface area contributed by atoms with Crippen LogP contribution in [0.4, 0.5) is 13.2 Å². The molecule has 0 fully saturated rings. The average Bonchev–Trinajstić information content (AvgIpc) is 2.95. The molecule has 4 nitrogen and oxygen atoms in total. The molecular weight excluding hydrogens is 341 g/mol. The maximum Gasteiger partial charge on any atom is 0.573 e. The van der Waals surface area contributed by atoms with Gasteiger partial charge in [0.15, 0.2) is 11.5 Å². The van der Waals surface area contributed by atoms with Crippen LogP contribution >= 0.6 is 11.3 Å². The number of benzene rings is 2. The fourth-order valence-electron chi connectivity index (χ4n) is 2.21. The second-order valence-corrected chi connectivity index (χ2v) is 6.08. The van der Waals surface area contributed by atoms with Crippen molar-refractivity contribution in [3.63, 3.8) is 0 Å². The molecule has 0 aliphatic heterocycles. The second-order valence-electron chi connectivity index (χ2n) is 4.90. The van der Waals surface area contributed by atoms with Crippen LogP contribution in [-0.4, -0.2) is 21.7 Å². The number of phenolic OH excluding ortho intramolecular Hbond substituents is 1. The van der Waals surface area contributed by atoms with Crippen molar-refractivity contribution in [2.24, 2.45) is 0 Å². The van der Waals surface area contributed by atoms with Gasteiger partial charge in [0, 0.05) is 5.56 Å². The number of hydrogen-bond acceptors (Lipinski definition) is 5. The van der Waals surface area contributed by atoms with Crippen molar-refractivity contribution in [2.45, 2.75) is 13.3 Å². The first-order valence-corrected chi connectivity index (χ1v) is 7.64. The summed E-state index contributed by atoms with van der Waals surface area (Å²) in [4.78, 5) is 0. The van der Waals surface area contributed by atoms with Gasteiger partial charge in [0.05, 0.1) is 0 Å². The molecule has 8 heteroatoms. The van der Waals surface area contributed by atoms with E-state index in [1.807, 2.05) is 19.1 Å². The molecule has 3 aromatic rings. The van der Waals surface area contributed by atoms with E-state index in [4.69, 9.17) is 0 Å². The molecule has 0 radical (unpaired) electrons. The highest BCUT2D eigenvalue weighted by atomic mass is 32.1. The highest BCUT2D eigenvalue weighted by molar-refractivity contribution is 7.14. The third kappa shape index (κ3) is 3.48. The predicted molar refractivity (Wildman–Crippen MR) is 83.9 cm³/mol. The summed E-state index contributed by atoms with van der Waals surface area (Å²) < 4.78 is 41.2. The van der Waals surface area contributed by atoms with Gasteiger partial charge in [-0.2, -0.15) is 0 Å². The monoisotopic (exact) mass is 352 g/mol. The Labute approximate surface area is 139 Å². The van der Waals surface area contributed by atoms with Crippen LogP contribution < -0.4 is 4.74 Å². The predicted octanol–water partition coefficient (Wildman–Crippen LogP) is 4.78. The molecular formula is C16H11F3N2O2S. The van der Waals surface area contributed by atoms with E-state index in [0.717, 1.165) is 16.6 Å². The molecule has 1 N–H and O–H groups in total. The Hall–Kier alpha value is -2.61. The summed E-state index contributed by atoms with van der Waals surface area (Å²) in [5.74, 6) is -1.23. The van der Waals surface area contributed by atoms with E-state index < -0.39 is 17.9 Å². The Kier molecular flexibility index (Phi) is 4.15. The topological polar surface area (TPSA) is 55.2 Å². The molecule has 0 bridgehead atoms. The van der Waals surface area contributed by atoms with E-state index >= 15 is 0 Å². The van der Waals surface area contributed by atoms with E-state index in [0.29, 0.717) is 16.1 Å². The van der Waals surface area contributed by atoms with Gasteiger partial charge in [-0.1, -0.05) is 41.7 Å². The summed E-state index contributed by atoms with van der Waals surface area (Å²) in [6.07, 6.45) is -4.88. The number of aromatic hydroxyl groups is 1. The van der Waals surface area contributed by atoms with Crippen molar-refractivity contribution in [1.82, 2.24) is 10.2 Å². The number of hydrogen-bond donors (Lipinski definition) is 1. The Morgan fingerprint density at radius 1 is 1.04 bits per heavy atom. The number of aromatic nitrogens is 2. The molecule has 1 aromatic heterocycles. The van der Waals surface area contributed by atoms with Gasteiger partial charge in [-0.15, -0.1) is 23.4 Å². The lowest BCUT2D eigenvalue weighted by atomic mass is 9.99.